The van der Waals surface area contributed by atoms with Gasteiger partial charge in [0.15, 0.2) is 0 Å². The van der Waals surface area contributed by atoms with Gasteiger partial charge in [0, 0.05) is 11.8 Å². The topological polar surface area (TPSA) is 17.1 Å². The van der Waals surface area contributed by atoms with Crippen LogP contribution in [0.4, 0.5) is 0 Å². The summed E-state index contributed by atoms with van der Waals surface area (Å²) in [6.45, 7) is 9.50. The number of ketones is 1. The van der Waals surface area contributed by atoms with Crippen molar-refractivity contribution in [3.63, 3.8) is 0 Å². The van der Waals surface area contributed by atoms with E-state index in [0.717, 1.165) is 12.3 Å². The van der Waals surface area contributed by atoms with E-state index in [1.807, 2.05) is 0 Å². The summed E-state index contributed by atoms with van der Waals surface area (Å²) in [6, 6.07) is 0. The van der Waals surface area contributed by atoms with Crippen LogP contribution in [0.25, 0.3) is 0 Å². The molecule has 3 rings (SSSR count). The molecule has 0 amide bonds. The van der Waals surface area contributed by atoms with Crippen LogP contribution in [0, 0.1) is 28.1 Å². The standard InChI is InChI=1S/C16H26O/c1-11-6-9-16-13(17)10-12(2)15(11,16)8-5-7-14(16,3)4/h11-12H,5-10H2,1-4H3/t11-,12+,15?,16?/m1/s1. The molecule has 0 saturated heterocycles. The first-order valence-electron chi connectivity index (χ1n) is 7.42. The van der Waals surface area contributed by atoms with Gasteiger partial charge in [-0.1, -0.05) is 34.1 Å². The second-order valence-electron chi connectivity index (χ2n) is 7.65. The third-order valence-corrected chi connectivity index (χ3v) is 7.02. The highest BCUT2D eigenvalue weighted by Crippen LogP contribution is 2.76. The van der Waals surface area contributed by atoms with Crippen LogP contribution in [-0.2, 0) is 4.79 Å². The molecule has 0 aromatic heterocycles. The lowest BCUT2D eigenvalue weighted by atomic mass is 9.46. The summed E-state index contributed by atoms with van der Waals surface area (Å²) < 4.78 is 0. The zero-order chi connectivity index (χ0) is 12.5. The zero-order valence-corrected chi connectivity index (χ0v) is 11.8. The third-order valence-electron chi connectivity index (χ3n) is 7.02. The molecule has 3 fully saturated rings. The van der Waals surface area contributed by atoms with Crippen LogP contribution >= 0.6 is 0 Å². The van der Waals surface area contributed by atoms with Crippen LogP contribution in [0.15, 0.2) is 0 Å². The van der Waals surface area contributed by atoms with Crippen molar-refractivity contribution in [2.24, 2.45) is 28.1 Å². The molecule has 0 radical (unpaired) electrons. The molecule has 0 aromatic rings. The molecule has 17 heavy (non-hydrogen) atoms. The van der Waals surface area contributed by atoms with Gasteiger partial charge < -0.3 is 0 Å². The number of Topliss-reactive ketones (excluding diaryl/α,β-unsaturated/α-hetero) is 1. The number of hydrogen-bond donors (Lipinski definition) is 0. The summed E-state index contributed by atoms with van der Waals surface area (Å²) >= 11 is 0. The molecule has 0 spiro atoms. The Morgan fingerprint density at radius 1 is 1.06 bits per heavy atom. The van der Waals surface area contributed by atoms with Gasteiger partial charge in [-0.05, 0) is 48.3 Å². The SMILES string of the molecule is C[C@@H]1CCC23C(=O)C[C@H](C)C12CCCC3(C)C. The lowest BCUT2D eigenvalue weighted by molar-refractivity contribution is -0.149. The third kappa shape index (κ3) is 1.02. The van der Waals surface area contributed by atoms with Crippen molar-refractivity contribution in [2.45, 2.75) is 66.2 Å². The average Bonchev–Trinajstić information content (AvgIpc) is 2.66. The normalized spacial score (nSPS) is 52.4. The molecule has 3 saturated carbocycles. The van der Waals surface area contributed by atoms with Gasteiger partial charge in [0.05, 0.1) is 0 Å². The predicted octanol–water partition coefficient (Wildman–Crippen LogP) is 4.21. The van der Waals surface area contributed by atoms with Gasteiger partial charge >= 0.3 is 0 Å². The van der Waals surface area contributed by atoms with Crippen molar-refractivity contribution in [1.29, 1.82) is 0 Å². The quantitative estimate of drug-likeness (QED) is 0.613. The maximum absolute atomic E-state index is 12.8. The maximum atomic E-state index is 12.8. The second kappa shape index (κ2) is 3.16. The predicted molar refractivity (Wildman–Crippen MR) is 69.7 cm³/mol. The lowest BCUT2D eigenvalue weighted by Gasteiger charge is -2.57. The van der Waals surface area contributed by atoms with Crippen LogP contribution in [0.5, 0.6) is 0 Å². The molecule has 1 nitrogen and oxygen atoms in total. The molecule has 0 heterocycles. The van der Waals surface area contributed by atoms with Gasteiger partial charge in [0.2, 0.25) is 0 Å². The molecule has 0 aliphatic heterocycles. The molecular formula is C16H26O. The highest BCUT2D eigenvalue weighted by molar-refractivity contribution is 5.90. The van der Waals surface area contributed by atoms with E-state index in [9.17, 15) is 4.79 Å². The number of carbonyl (C=O) groups excluding carboxylic acids is 1. The largest absolute Gasteiger partial charge is 0.299 e. The lowest BCUT2D eigenvalue weighted by Crippen LogP contribution is -2.54. The van der Waals surface area contributed by atoms with Crippen molar-refractivity contribution in [3.8, 4) is 0 Å². The van der Waals surface area contributed by atoms with E-state index in [1.54, 1.807) is 0 Å². The van der Waals surface area contributed by atoms with Gasteiger partial charge in [-0.3, -0.25) is 4.79 Å². The minimum atomic E-state index is 0.0388. The fourth-order valence-corrected chi connectivity index (χ4v) is 6.37. The van der Waals surface area contributed by atoms with Crippen molar-refractivity contribution >= 4 is 5.78 Å². The Hall–Kier alpha value is -0.330. The first-order chi connectivity index (χ1) is 7.88. The van der Waals surface area contributed by atoms with Gasteiger partial charge in [-0.15, -0.1) is 0 Å². The minimum absolute atomic E-state index is 0.0388. The van der Waals surface area contributed by atoms with Crippen molar-refractivity contribution in [2.75, 3.05) is 0 Å². The van der Waals surface area contributed by atoms with Crippen LogP contribution in [0.3, 0.4) is 0 Å². The Morgan fingerprint density at radius 3 is 2.41 bits per heavy atom. The maximum Gasteiger partial charge on any atom is 0.140 e. The first-order valence-corrected chi connectivity index (χ1v) is 7.42. The van der Waals surface area contributed by atoms with Gasteiger partial charge in [-0.2, -0.15) is 0 Å². The first kappa shape index (κ1) is 11.7. The summed E-state index contributed by atoms with van der Waals surface area (Å²) in [5.41, 5.74) is 0.626. The van der Waals surface area contributed by atoms with Gasteiger partial charge in [0.25, 0.3) is 0 Å². The number of carbonyl (C=O) groups is 1. The molecule has 3 aliphatic carbocycles. The molecule has 0 bridgehead atoms. The van der Waals surface area contributed by atoms with E-state index in [0.29, 0.717) is 17.1 Å². The Balaban J connectivity index is 2.23. The van der Waals surface area contributed by atoms with Gasteiger partial charge in [-0.25, -0.2) is 0 Å². The summed E-state index contributed by atoms with van der Waals surface area (Å²) in [6.07, 6.45) is 7.19. The number of hydrogen-bond acceptors (Lipinski definition) is 1. The van der Waals surface area contributed by atoms with Crippen LogP contribution in [0.1, 0.15) is 66.2 Å². The molecule has 96 valence electrons. The van der Waals surface area contributed by atoms with Gasteiger partial charge in [0.1, 0.15) is 5.78 Å². The summed E-state index contributed by atoms with van der Waals surface area (Å²) in [4.78, 5) is 12.8. The van der Waals surface area contributed by atoms with Crippen molar-refractivity contribution in [1.82, 2.24) is 0 Å². The minimum Gasteiger partial charge on any atom is -0.299 e. The zero-order valence-electron chi connectivity index (χ0n) is 11.8. The smallest absolute Gasteiger partial charge is 0.140 e. The number of rotatable bonds is 0. The van der Waals surface area contributed by atoms with E-state index in [4.69, 9.17) is 0 Å². The van der Waals surface area contributed by atoms with Crippen molar-refractivity contribution in [3.05, 3.63) is 0 Å². The second-order valence-corrected chi connectivity index (χ2v) is 7.65. The van der Waals surface area contributed by atoms with Crippen LogP contribution < -0.4 is 0 Å². The van der Waals surface area contributed by atoms with E-state index in [-0.39, 0.29) is 10.8 Å². The molecular weight excluding hydrogens is 208 g/mol. The summed E-state index contributed by atoms with van der Waals surface area (Å²) in [5.74, 6) is 1.98. The van der Waals surface area contributed by atoms with E-state index < -0.39 is 0 Å². The Morgan fingerprint density at radius 2 is 1.76 bits per heavy atom. The highest BCUT2D eigenvalue weighted by Gasteiger charge is 2.73. The molecule has 1 heteroatoms. The summed E-state index contributed by atoms with van der Waals surface area (Å²) in [5, 5.41) is 0. The Labute approximate surface area is 105 Å². The van der Waals surface area contributed by atoms with E-state index in [2.05, 4.69) is 27.7 Å². The molecule has 0 aromatic carbocycles. The van der Waals surface area contributed by atoms with Crippen molar-refractivity contribution < 1.29 is 4.79 Å². The Bertz CT molecular complexity index is 370. The monoisotopic (exact) mass is 234 g/mol. The van der Waals surface area contributed by atoms with E-state index >= 15 is 0 Å². The van der Waals surface area contributed by atoms with Crippen LogP contribution in [0.2, 0.25) is 0 Å². The fraction of sp³-hybridized carbons (Fsp3) is 0.938. The van der Waals surface area contributed by atoms with E-state index in [1.165, 1.54) is 32.1 Å². The molecule has 0 N–H and O–H groups in total. The molecule has 4 atom stereocenters. The van der Waals surface area contributed by atoms with Crippen LogP contribution in [-0.4, -0.2) is 5.78 Å². The Kier molecular flexibility index (Phi) is 2.18. The molecule has 2 unspecified atom stereocenters. The molecule has 3 aliphatic rings. The fourth-order valence-electron chi connectivity index (χ4n) is 6.37. The highest BCUT2D eigenvalue weighted by atomic mass is 16.1. The average molecular weight is 234 g/mol. The summed E-state index contributed by atoms with van der Waals surface area (Å²) in [7, 11) is 0.